The molecule has 0 saturated carbocycles. The van der Waals surface area contributed by atoms with Crippen molar-refractivity contribution in [3.8, 4) is 0 Å². The predicted octanol–water partition coefficient (Wildman–Crippen LogP) is 0.754. The molecule has 1 aliphatic heterocycles. The smallest absolute Gasteiger partial charge is 0.350 e. The molecule has 0 radical (unpaired) electrons. The van der Waals surface area contributed by atoms with Gasteiger partial charge in [0, 0.05) is 0 Å². The Morgan fingerprint density at radius 3 is 2.36 bits per heavy atom. The summed E-state index contributed by atoms with van der Waals surface area (Å²) in [5, 5.41) is 19.8. The van der Waals surface area contributed by atoms with Crippen molar-refractivity contribution in [1.82, 2.24) is 0 Å². The highest BCUT2D eigenvalue weighted by Crippen LogP contribution is 2.28. The average molecular weight is 318 g/mol. The summed E-state index contributed by atoms with van der Waals surface area (Å²) in [6.45, 7) is 9.62. The van der Waals surface area contributed by atoms with Crippen LogP contribution in [0.15, 0.2) is 0 Å². The van der Waals surface area contributed by atoms with Gasteiger partial charge < -0.3 is 24.4 Å². The van der Waals surface area contributed by atoms with Gasteiger partial charge in [0.1, 0.15) is 6.10 Å². The molecule has 0 spiro atoms. The topological polar surface area (TPSA) is 102 Å². The van der Waals surface area contributed by atoms with Crippen molar-refractivity contribution in [2.75, 3.05) is 0 Å². The Kier molecular flexibility index (Phi) is 5.59. The van der Waals surface area contributed by atoms with Crippen LogP contribution in [0.25, 0.3) is 0 Å². The van der Waals surface area contributed by atoms with Crippen LogP contribution in [0.2, 0.25) is 0 Å². The molecular weight excluding hydrogens is 292 g/mol. The Hall–Kier alpha value is -1.18. The number of carbonyl (C=O) groups excluding carboxylic acids is 2. The number of hydrogen-bond donors (Lipinski definition) is 2. The van der Waals surface area contributed by atoms with Crippen molar-refractivity contribution in [2.24, 2.45) is 5.41 Å². The maximum Gasteiger partial charge on any atom is 0.350 e. The van der Waals surface area contributed by atoms with Gasteiger partial charge in [-0.05, 0) is 41.0 Å². The standard InChI is InChI=1S/C15H26O7/c1-7-14(3,4)13(18)21-11-9(16)10(20-12(11)17)8(2)22-15(5,6)19/h8-11,16,19H,7H2,1-6H3. The second-order valence-corrected chi connectivity index (χ2v) is 6.73. The van der Waals surface area contributed by atoms with Crippen LogP contribution < -0.4 is 0 Å². The molecule has 2 N–H and O–H groups in total. The Labute approximate surface area is 130 Å². The molecular formula is C15H26O7. The minimum atomic E-state index is -1.44. The molecule has 1 heterocycles. The van der Waals surface area contributed by atoms with Gasteiger partial charge >= 0.3 is 11.9 Å². The van der Waals surface area contributed by atoms with Gasteiger partial charge in [-0.15, -0.1) is 0 Å². The number of cyclic esters (lactones) is 1. The normalized spacial score (nSPS) is 27.5. The average Bonchev–Trinajstić information content (AvgIpc) is 2.64. The Morgan fingerprint density at radius 2 is 1.91 bits per heavy atom. The molecule has 4 unspecified atom stereocenters. The number of aliphatic hydroxyl groups is 2. The number of esters is 2. The summed E-state index contributed by atoms with van der Waals surface area (Å²) in [6, 6.07) is 0. The van der Waals surface area contributed by atoms with E-state index in [1.54, 1.807) is 20.8 Å². The number of aliphatic hydroxyl groups excluding tert-OH is 1. The van der Waals surface area contributed by atoms with Gasteiger partial charge in [-0.3, -0.25) is 4.79 Å². The highest BCUT2D eigenvalue weighted by Gasteiger charge is 2.50. The largest absolute Gasteiger partial charge is 0.454 e. The summed E-state index contributed by atoms with van der Waals surface area (Å²) in [6.07, 6.45) is -3.97. The molecule has 0 aromatic heterocycles. The first kappa shape index (κ1) is 18.9. The highest BCUT2D eigenvalue weighted by molar-refractivity contribution is 5.83. The quantitative estimate of drug-likeness (QED) is 0.550. The first-order valence-electron chi connectivity index (χ1n) is 7.39. The van der Waals surface area contributed by atoms with E-state index in [1.807, 2.05) is 6.92 Å². The van der Waals surface area contributed by atoms with Crippen molar-refractivity contribution < 1.29 is 34.0 Å². The van der Waals surface area contributed by atoms with Crippen molar-refractivity contribution in [2.45, 2.75) is 78.2 Å². The van der Waals surface area contributed by atoms with E-state index in [1.165, 1.54) is 13.8 Å². The van der Waals surface area contributed by atoms with E-state index in [0.29, 0.717) is 6.42 Å². The van der Waals surface area contributed by atoms with E-state index in [4.69, 9.17) is 14.2 Å². The minimum absolute atomic E-state index is 0.533. The van der Waals surface area contributed by atoms with Crippen LogP contribution in [-0.2, 0) is 23.8 Å². The van der Waals surface area contributed by atoms with E-state index in [0.717, 1.165) is 0 Å². The molecule has 1 rings (SSSR count). The van der Waals surface area contributed by atoms with Gasteiger partial charge in [-0.1, -0.05) is 6.92 Å². The third-order valence-electron chi connectivity index (χ3n) is 3.74. The summed E-state index contributed by atoms with van der Waals surface area (Å²) in [7, 11) is 0. The van der Waals surface area contributed by atoms with Crippen LogP contribution in [-0.4, -0.2) is 52.4 Å². The molecule has 0 aromatic rings. The molecule has 0 aromatic carbocycles. The summed E-state index contributed by atoms with van der Waals surface area (Å²) in [4.78, 5) is 23.9. The third kappa shape index (κ3) is 4.41. The molecule has 7 heteroatoms. The lowest BCUT2D eigenvalue weighted by molar-refractivity contribution is -0.227. The lowest BCUT2D eigenvalue weighted by atomic mass is 9.90. The van der Waals surface area contributed by atoms with Gasteiger partial charge in [0.25, 0.3) is 0 Å². The third-order valence-corrected chi connectivity index (χ3v) is 3.74. The van der Waals surface area contributed by atoms with E-state index >= 15 is 0 Å². The lowest BCUT2D eigenvalue weighted by Crippen LogP contribution is -2.44. The maximum absolute atomic E-state index is 12.0. The van der Waals surface area contributed by atoms with E-state index in [9.17, 15) is 19.8 Å². The summed E-state index contributed by atoms with van der Waals surface area (Å²) in [5.74, 6) is -2.83. The summed E-state index contributed by atoms with van der Waals surface area (Å²) in [5.41, 5.74) is -0.757. The van der Waals surface area contributed by atoms with Gasteiger partial charge in [0.2, 0.25) is 6.10 Å². The zero-order valence-electron chi connectivity index (χ0n) is 14.0. The monoisotopic (exact) mass is 318 g/mol. The van der Waals surface area contributed by atoms with Gasteiger partial charge in [0.15, 0.2) is 11.9 Å². The van der Waals surface area contributed by atoms with Crippen molar-refractivity contribution in [3.63, 3.8) is 0 Å². The summed E-state index contributed by atoms with van der Waals surface area (Å²) >= 11 is 0. The fourth-order valence-corrected chi connectivity index (χ4v) is 2.02. The molecule has 4 atom stereocenters. The Bertz CT molecular complexity index is 424. The molecule has 0 aliphatic carbocycles. The summed E-state index contributed by atoms with van der Waals surface area (Å²) < 4.78 is 15.4. The first-order valence-corrected chi connectivity index (χ1v) is 7.39. The fraction of sp³-hybridized carbons (Fsp3) is 0.867. The van der Waals surface area contributed by atoms with Crippen LogP contribution in [0.1, 0.15) is 48.0 Å². The molecule has 1 aliphatic rings. The minimum Gasteiger partial charge on any atom is -0.454 e. The fourth-order valence-electron chi connectivity index (χ4n) is 2.02. The molecule has 0 amide bonds. The Balaban J connectivity index is 2.76. The predicted molar refractivity (Wildman–Crippen MR) is 76.7 cm³/mol. The van der Waals surface area contributed by atoms with Gasteiger partial charge in [-0.25, -0.2) is 4.79 Å². The second kappa shape index (κ2) is 6.52. The zero-order valence-corrected chi connectivity index (χ0v) is 14.0. The van der Waals surface area contributed by atoms with Crippen molar-refractivity contribution in [3.05, 3.63) is 0 Å². The Morgan fingerprint density at radius 1 is 1.36 bits per heavy atom. The number of ether oxygens (including phenoxy) is 3. The van der Waals surface area contributed by atoms with E-state index in [-0.39, 0.29) is 0 Å². The lowest BCUT2D eigenvalue weighted by Gasteiger charge is -2.28. The van der Waals surface area contributed by atoms with E-state index < -0.39 is 47.6 Å². The number of hydrogen-bond acceptors (Lipinski definition) is 7. The van der Waals surface area contributed by atoms with Crippen molar-refractivity contribution >= 4 is 11.9 Å². The van der Waals surface area contributed by atoms with Crippen LogP contribution >= 0.6 is 0 Å². The molecule has 7 nitrogen and oxygen atoms in total. The number of rotatable bonds is 6. The molecule has 1 saturated heterocycles. The zero-order chi connectivity index (χ0) is 17.3. The van der Waals surface area contributed by atoms with Crippen LogP contribution in [0.5, 0.6) is 0 Å². The van der Waals surface area contributed by atoms with Crippen LogP contribution in [0.3, 0.4) is 0 Å². The maximum atomic E-state index is 12.0. The highest BCUT2D eigenvalue weighted by atomic mass is 16.7. The molecule has 1 fully saturated rings. The first-order chi connectivity index (χ1) is 9.89. The van der Waals surface area contributed by atoms with Crippen LogP contribution in [0.4, 0.5) is 0 Å². The van der Waals surface area contributed by atoms with E-state index in [2.05, 4.69) is 0 Å². The number of carbonyl (C=O) groups is 2. The SMILES string of the molecule is CCC(C)(C)C(=O)OC1C(=O)OC(C(C)OC(C)(C)O)C1O. The second-order valence-electron chi connectivity index (χ2n) is 6.73. The van der Waals surface area contributed by atoms with Crippen molar-refractivity contribution in [1.29, 1.82) is 0 Å². The van der Waals surface area contributed by atoms with Crippen LogP contribution in [0, 0.1) is 5.41 Å². The van der Waals surface area contributed by atoms with Gasteiger partial charge in [0.05, 0.1) is 11.5 Å². The molecule has 22 heavy (non-hydrogen) atoms. The van der Waals surface area contributed by atoms with Gasteiger partial charge in [-0.2, -0.15) is 0 Å². The molecule has 0 bridgehead atoms. The molecule has 128 valence electrons.